The molecule has 0 atom stereocenters. The number of benzene rings is 1. The topological polar surface area (TPSA) is 69.0 Å². The SMILES string of the molecule is Cc1cc(C(=O)Nc2ccc(OCc3ccncc3)cc2)n(C)n1. The van der Waals surface area contributed by atoms with Crippen molar-refractivity contribution in [3.05, 3.63) is 71.8 Å². The van der Waals surface area contributed by atoms with E-state index in [1.54, 1.807) is 30.2 Å². The first kappa shape index (κ1) is 15.7. The van der Waals surface area contributed by atoms with Crippen LogP contribution in [0.5, 0.6) is 5.75 Å². The van der Waals surface area contributed by atoms with Gasteiger partial charge in [-0.3, -0.25) is 14.5 Å². The summed E-state index contributed by atoms with van der Waals surface area (Å²) in [5, 5.41) is 7.02. The summed E-state index contributed by atoms with van der Waals surface area (Å²) < 4.78 is 7.27. The summed E-state index contributed by atoms with van der Waals surface area (Å²) in [5.41, 5.74) is 3.08. The van der Waals surface area contributed by atoms with E-state index in [1.807, 2.05) is 43.3 Å². The van der Waals surface area contributed by atoms with E-state index in [0.29, 0.717) is 18.0 Å². The molecule has 1 aromatic carbocycles. The molecule has 6 heteroatoms. The van der Waals surface area contributed by atoms with Gasteiger partial charge in [-0.2, -0.15) is 5.10 Å². The van der Waals surface area contributed by atoms with Crippen LogP contribution < -0.4 is 10.1 Å². The number of pyridine rings is 1. The maximum atomic E-state index is 12.2. The molecular formula is C18H18N4O2. The van der Waals surface area contributed by atoms with Crippen LogP contribution in [0.4, 0.5) is 5.69 Å². The Hall–Kier alpha value is -3.15. The van der Waals surface area contributed by atoms with Gasteiger partial charge in [-0.25, -0.2) is 0 Å². The van der Waals surface area contributed by atoms with Crippen molar-refractivity contribution in [3.8, 4) is 5.75 Å². The van der Waals surface area contributed by atoms with Crippen LogP contribution in [0, 0.1) is 6.92 Å². The van der Waals surface area contributed by atoms with E-state index in [9.17, 15) is 4.79 Å². The van der Waals surface area contributed by atoms with Gasteiger partial charge in [-0.15, -0.1) is 0 Å². The van der Waals surface area contributed by atoms with Gasteiger partial charge in [0, 0.05) is 25.1 Å². The zero-order chi connectivity index (χ0) is 16.9. The Balaban J connectivity index is 1.60. The van der Waals surface area contributed by atoms with Crippen LogP contribution >= 0.6 is 0 Å². The Morgan fingerprint density at radius 3 is 2.50 bits per heavy atom. The minimum Gasteiger partial charge on any atom is -0.489 e. The molecule has 0 aliphatic rings. The summed E-state index contributed by atoms with van der Waals surface area (Å²) in [6.07, 6.45) is 3.47. The summed E-state index contributed by atoms with van der Waals surface area (Å²) in [7, 11) is 1.75. The van der Waals surface area contributed by atoms with Crippen molar-refractivity contribution < 1.29 is 9.53 Å². The first-order chi connectivity index (χ1) is 11.6. The summed E-state index contributed by atoms with van der Waals surface area (Å²) in [4.78, 5) is 16.2. The summed E-state index contributed by atoms with van der Waals surface area (Å²) in [6, 6.07) is 12.8. The molecule has 0 fully saturated rings. The molecule has 3 rings (SSSR count). The van der Waals surface area contributed by atoms with Crippen LogP contribution in [0.15, 0.2) is 54.9 Å². The third-order valence-electron chi connectivity index (χ3n) is 3.50. The normalized spacial score (nSPS) is 10.4. The number of carbonyl (C=O) groups excluding carboxylic acids is 1. The fraction of sp³-hybridized carbons (Fsp3) is 0.167. The lowest BCUT2D eigenvalue weighted by molar-refractivity contribution is 0.101. The van der Waals surface area contributed by atoms with Crippen molar-refractivity contribution >= 4 is 11.6 Å². The van der Waals surface area contributed by atoms with Crippen LogP contribution in [0.3, 0.4) is 0 Å². The number of amides is 1. The van der Waals surface area contributed by atoms with Crippen molar-refractivity contribution in [2.45, 2.75) is 13.5 Å². The highest BCUT2D eigenvalue weighted by Gasteiger charge is 2.11. The second kappa shape index (κ2) is 6.95. The molecule has 2 aromatic heterocycles. The van der Waals surface area contributed by atoms with Gasteiger partial charge in [0.15, 0.2) is 0 Å². The number of ether oxygens (including phenoxy) is 1. The molecule has 0 aliphatic carbocycles. The molecule has 24 heavy (non-hydrogen) atoms. The zero-order valence-corrected chi connectivity index (χ0v) is 13.6. The Kier molecular flexibility index (Phi) is 4.56. The van der Waals surface area contributed by atoms with Crippen LogP contribution in [0.2, 0.25) is 0 Å². The van der Waals surface area contributed by atoms with E-state index in [-0.39, 0.29) is 5.91 Å². The molecule has 2 heterocycles. The predicted molar refractivity (Wildman–Crippen MR) is 90.9 cm³/mol. The number of nitrogens with one attached hydrogen (secondary N) is 1. The summed E-state index contributed by atoms with van der Waals surface area (Å²) in [5.74, 6) is 0.546. The third-order valence-corrected chi connectivity index (χ3v) is 3.50. The van der Waals surface area contributed by atoms with Gasteiger partial charge >= 0.3 is 0 Å². The van der Waals surface area contributed by atoms with E-state index in [2.05, 4.69) is 15.4 Å². The molecule has 0 saturated carbocycles. The lowest BCUT2D eigenvalue weighted by Gasteiger charge is -2.08. The van der Waals surface area contributed by atoms with E-state index < -0.39 is 0 Å². The lowest BCUT2D eigenvalue weighted by atomic mass is 10.2. The average Bonchev–Trinajstić information content (AvgIpc) is 2.94. The van der Waals surface area contributed by atoms with Gasteiger partial charge in [0.1, 0.15) is 18.1 Å². The highest BCUT2D eigenvalue weighted by molar-refractivity contribution is 6.03. The minimum absolute atomic E-state index is 0.191. The Labute approximate surface area is 140 Å². The minimum atomic E-state index is -0.191. The number of nitrogens with zero attached hydrogens (tertiary/aromatic N) is 3. The highest BCUT2D eigenvalue weighted by atomic mass is 16.5. The molecule has 1 N–H and O–H groups in total. The van der Waals surface area contributed by atoms with Crippen molar-refractivity contribution in [1.82, 2.24) is 14.8 Å². The second-order valence-electron chi connectivity index (χ2n) is 5.42. The quantitative estimate of drug-likeness (QED) is 0.784. The van der Waals surface area contributed by atoms with E-state index in [1.165, 1.54) is 0 Å². The number of rotatable bonds is 5. The Morgan fingerprint density at radius 1 is 1.17 bits per heavy atom. The van der Waals surface area contributed by atoms with Gasteiger partial charge in [-0.1, -0.05) is 0 Å². The van der Waals surface area contributed by atoms with Crippen LogP contribution in [-0.4, -0.2) is 20.7 Å². The van der Waals surface area contributed by atoms with Crippen LogP contribution in [0.1, 0.15) is 21.7 Å². The molecule has 3 aromatic rings. The highest BCUT2D eigenvalue weighted by Crippen LogP contribution is 2.18. The fourth-order valence-electron chi connectivity index (χ4n) is 2.30. The number of hydrogen-bond acceptors (Lipinski definition) is 4. The van der Waals surface area contributed by atoms with Gasteiger partial charge in [0.05, 0.1) is 5.69 Å². The monoisotopic (exact) mass is 322 g/mol. The van der Waals surface area contributed by atoms with Crippen molar-refractivity contribution in [2.24, 2.45) is 7.05 Å². The van der Waals surface area contributed by atoms with Crippen molar-refractivity contribution in [3.63, 3.8) is 0 Å². The first-order valence-corrected chi connectivity index (χ1v) is 7.55. The molecule has 0 bridgehead atoms. The number of aryl methyl sites for hydroxylation is 2. The fourth-order valence-corrected chi connectivity index (χ4v) is 2.30. The number of hydrogen-bond donors (Lipinski definition) is 1. The Morgan fingerprint density at radius 2 is 1.88 bits per heavy atom. The molecule has 0 unspecified atom stereocenters. The molecule has 1 amide bonds. The Bertz CT molecular complexity index is 826. The largest absolute Gasteiger partial charge is 0.489 e. The first-order valence-electron chi connectivity index (χ1n) is 7.55. The lowest BCUT2D eigenvalue weighted by Crippen LogP contribution is -2.15. The third kappa shape index (κ3) is 3.78. The van der Waals surface area contributed by atoms with E-state index in [0.717, 1.165) is 17.0 Å². The maximum absolute atomic E-state index is 12.2. The average molecular weight is 322 g/mol. The number of aromatic nitrogens is 3. The van der Waals surface area contributed by atoms with Gasteiger partial charge < -0.3 is 10.1 Å². The molecular weight excluding hydrogens is 304 g/mol. The van der Waals surface area contributed by atoms with E-state index >= 15 is 0 Å². The molecule has 6 nitrogen and oxygen atoms in total. The molecule has 0 aliphatic heterocycles. The zero-order valence-electron chi connectivity index (χ0n) is 13.6. The standard InChI is InChI=1S/C18H18N4O2/c1-13-11-17(22(2)21-13)18(23)20-15-3-5-16(6-4-15)24-12-14-7-9-19-10-8-14/h3-11H,12H2,1-2H3,(H,20,23). The van der Waals surface area contributed by atoms with E-state index in [4.69, 9.17) is 4.74 Å². The molecule has 0 saturated heterocycles. The van der Waals surface area contributed by atoms with Crippen LogP contribution in [0.25, 0.3) is 0 Å². The van der Waals surface area contributed by atoms with Gasteiger partial charge in [-0.05, 0) is 55.0 Å². The van der Waals surface area contributed by atoms with Crippen molar-refractivity contribution in [2.75, 3.05) is 5.32 Å². The second-order valence-corrected chi connectivity index (χ2v) is 5.42. The molecule has 0 spiro atoms. The predicted octanol–water partition coefficient (Wildman–Crippen LogP) is 2.95. The number of carbonyl (C=O) groups is 1. The smallest absolute Gasteiger partial charge is 0.273 e. The van der Waals surface area contributed by atoms with Crippen LogP contribution in [-0.2, 0) is 13.7 Å². The summed E-state index contributed by atoms with van der Waals surface area (Å²) in [6.45, 7) is 2.33. The van der Waals surface area contributed by atoms with Gasteiger partial charge in [0.25, 0.3) is 5.91 Å². The summed E-state index contributed by atoms with van der Waals surface area (Å²) >= 11 is 0. The van der Waals surface area contributed by atoms with Crippen molar-refractivity contribution in [1.29, 1.82) is 0 Å². The molecule has 0 radical (unpaired) electrons. The number of anilines is 1. The maximum Gasteiger partial charge on any atom is 0.273 e. The van der Waals surface area contributed by atoms with Gasteiger partial charge in [0.2, 0.25) is 0 Å². The molecule has 122 valence electrons.